The van der Waals surface area contributed by atoms with Gasteiger partial charge in [-0.15, -0.1) is 5.10 Å². The molecule has 8 nitrogen and oxygen atoms in total. The fourth-order valence-corrected chi connectivity index (χ4v) is 3.08. The van der Waals surface area contributed by atoms with E-state index >= 15 is 0 Å². The predicted octanol–water partition coefficient (Wildman–Crippen LogP) is 2.82. The average Bonchev–Trinajstić information content (AvgIpc) is 3.41. The molecule has 0 radical (unpaired) electrons. The number of benzene rings is 2. The van der Waals surface area contributed by atoms with Crippen molar-refractivity contribution in [2.24, 2.45) is 5.73 Å². The van der Waals surface area contributed by atoms with Gasteiger partial charge in [0.05, 0.1) is 0 Å². The Kier molecular flexibility index (Phi) is 3.94. The van der Waals surface area contributed by atoms with Gasteiger partial charge in [-0.05, 0) is 42.5 Å². The highest BCUT2D eigenvalue weighted by Gasteiger charge is 2.20. The molecule has 0 spiro atoms. The van der Waals surface area contributed by atoms with Crippen molar-refractivity contribution in [3.8, 4) is 40.1 Å². The summed E-state index contributed by atoms with van der Waals surface area (Å²) in [6.45, 7) is 0.198. The quantitative estimate of drug-likeness (QED) is 0.579. The number of hydrogen-bond donors (Lipinski definition) is 1. The molecule has 4 aromatic rings. The summed E-state index contributed by atoms with van der Waals surface area (Å²) in [6.07, 6.45) is 1.70. The van der Waals surface area contributed by atoms with Crippen LogP contribution in [0.5, 0.6) is 11.5 Å². The van der Waals surface area contributed by atoms with Crippen molar-refractivity contribution in [2.75, 3.05) is 6.79 Å². The lowest BCUT2D eigenvalue weighted by Gasteiger charge is -2.05. The van der Waals surface area contributed by atoms with Gasteiger partial charge in [0.25, 0.3) is 0 Å². The van der Waals surface area contributed by atoms with Gasteiger partial charge in [0.2, 0.25) is 12.7 Å². The van der Waals surface area contributed by atoms with Crippen molar-refractivity contribution in [3.05, 3.63) is 72.4 Å². The van der Waals surface area contributed by atoms with Crippen molar-refractivity contribution in [2.45, 2.75) is 0 Å². The summed E-state index contributed by atoms with van der Waals surface area (Å²) in [5.74, 6) is 2.61. The Bertz CT molecular complexity index is 1200. The number of carbonyl (C=O) groups excluding carboxylic acids is 1. The number of pyridine rings is 1. The molecule has 142 valence electrons. The fraction of sp³-hybridized carbons (Fsp3) is 0.0476. The minimum Gasteiger partial charge on any atom is -0.454 e. The fourth-order valence-electron chi connectivity index (χ4n) is 3.08. The van der Waals surface area contributed by atoms with Gasteiger partial charge in [-0.25, -0.2) is 9.97 Å². The zero-order valence-corrected chi connectivity index (χ0v) is 15.1. The van der Waals surface area contributed by atoms with E-state index in [1.807, 2.05) is 36.4 Å². The molecular formula is C21H15N5O3. The molecule has 0 saturated heterocycles. The highest BCUT2D eigenvalue weighted by molar-refractivity contribution is 5.93. The lowest BCUT2D eigenvalue weighted by molar-refractivity contribution is 0.100. The summed E-state index contributed by atoms with van der Waals surface area (Å²) in [7, 11) is 0. The first-order chi connectivity index (χ1) is 14.2. The van der Waals surface area contributed by atoms with Crippen LogP contribution in [0, 0.1) is 0 Å². The van der Waals surface area contributed by atoms with Gasteiger partial charge < -0.3 is 15.2 Å². The van der Waals surface area contributed by atoms with Gasteiger partial charge in [-0.3, -0.25) is 4.79 Å². The van der Waals surface area contributed by atoms with Crippen molar-refractivity contribution >= 4 is 5.91 Å². The standard InChI is InChI=1S/C21H15N5O3/c22-19(27)13-4-6-14(7-5-13)20-24-21(26(25-20)18-3-1-2-10-23-18)15-8-9-16-17(11-15)29-12-28-16/h1-11H,12H2,(H2,22,27). The normalized spacial score (nSPS) is 12.1. The molecule has 2 N–H and O–H groups in total. The smallest absolute Gasteiger partial charge is 0.248 e. The number of carbonyl (C=O) groups is 1. The number of primary amides is 1. The second-order valence-electron chi connectivity index (χ2n) is 6.37. The molecule has 5 rings (SSSR count). The topological polar surface area (TPSA) is 105 Å². The lowest BCUT2D eigenvalue weighted by Crippen LogP contribution is -2.10. The molecule has 0 unspecified atom stereocenters. The average molecular weight is 385 g/mol. The first-order valence-electron chi connectivity index (χ1n) is 8.88. The summed E-state index contributed by atoms with van der Waals surface area (Å²) in [4.78, 5) is 20.4. The van der Waals surface area contributed by atoms with Crippen LogP contribution in [0.15, 0.2) is 66.9 Å². The predicted molar refractivity (Wildman–Crippen MR) is 105 cm³/mol. The number of ether oxygens (including phenoxy) is 2. The third-order valence-electron chi connectivity index (χ3n) is 4.53. The molecule has 0 bridgehead atoms. The minimum atomic E-state index is -0.482. The molecule has 1 aliphatic rings. The maximum Gasteiger partial charge on any atom is 0.248 e. The highest BCUT2D eigenvalue weighted by Crippen LogP contribution is 2.36. The van der Waals surface area contributed by atoms with Crippen molar-refractivity contribution in [1.29, 1.82) is 0 Å². The molecule has 0 fully saturated rings. The molecule has 29 heavy (non-hydrogen) atoms. The summed E-state index contributed by atoms with van der Waals surface area (Å²) in [5, 5.41) is 4.65. The van der Waals surface area contributed by atoms with Gasteiger partial charge in [0.1, 0.15) is 0 Å². The third-order valence-corrected chi connectivity index (χ3v) is 4.53. The molecule has 2 aromatic heterocycles. The number of aromatic nitrogens is 4. The van der Waals surface area contributed by atoms with E-state index in [9.17, 15) is 4.79 Å². The van der Waals surface area contributed by atoms with Gasteiger partial charge >= 0.3 is 0 Å². The molecule has 1 aliphatic heterocycles. The molecule has 0 aliphatic carbocycles. The van der Waals surface area contributed by atoms with Crippen molar-refractivity contribution in [1.82, 2.24) is 19.7 Å². The Morgan fingerprint density at radius 1 is 0.966 bits per heavy atom. The largest absolute Gasteiger partial charge is 0.454 e. The van der Waals surface area contributed by atoms with Gasteiger partial charge in [-0.2, -0.15) is 4.68 Å². The maximum absolute atomic E-state index is 11.3. The minimum absolute atomic E-state index is 0.198. The SMILES string of the molecule is NC(=O)c1ccc(-c2nc(-c3ccc4c(c3)OCO4)n(-c3ccccn3)n2)cc1. The number of fused-ring (bicyclic) bond motifs is 1. The molecule has 8 heteroatoms. The summed E-state index contributed by atoms with van der Waals surface area (Å²) in [5.41, 5.74) is 7.32. The van der Waals surface area contributed by atoms with E-state index in [0.29, 0.717) is 34.5 Å². The molecule has 2 aromatic carbocycles. The zero-order chi connectivity index (χ0) is 19.8. The number of hydrogen-bond acceptors (Lipinski definition) is 6. The zero-order valence-electron chi connectivity index (χ0n) is 15.1. The van der Waals surface area contributed by atoms with Crippen molar-refractivity contribution < 1.29 is 14.3 Å². The second-order valence-corrected chi connectivity index (χ2v) is 6.37. The van der Waals surface area contributed by atoms with Crippen LogP contribution in [0.2, 0.25) is 0 Å². The highest BCUT2D eigenvalue weighted by atomic mass is 16.7. The Morgan fingerprint density at radius 3 is 2.52 bits per heavy atom. The van der Waals surface area contributed by atoms with Gasteiger partial charge in [0.15, 0.2) is 29.0 Å². The second kappa shape index (κ2) is 6.75. The first kappa shape index (κ1) is 16.9. The van der Waals surface area contributed by atoms with Crippen LogP contribution in [0.4, 0.5) is 0 Å². The van der Waals surface area contributed by atoms with E-state index in [-0.39, 0.29) is 6.79 Å². The molecule has 1 amide bonds. The van der Waals surface area contributed by atoms with E-state index in [2.05, 4.69) is 10.1 Å². The van der Waals surface area contributed by atoms with E-state index in [1.165, 1.54) is 0 Å². The number of nitrogens with zero attached hydrogens (tertiary/aromatic N) is 4. The van der Waals surface area contributed by atoms with Gasteiger partial charge in [0, 0.05) is 22.9 Å². The Labute approximate surface area is 165 Å². The lowest BCUT2D eigenvalue weighted by atomic mass is 10.1. The molecule has 0 saturated carbocycles. The van der Waals surface area contributed by atoms with Crippen LogP contribution < -0.4 is 15.2 Å². The maximum atomic E-state index is 11.3. The van der Waals surface area contributed by atoms with Crippen LogP contribution in [0.25, 0.3) is 28.6 Å². The number of rotatable bonds is 4. The number of amides is 1. The van der Waals surface area contributed by atoms with Crippen LogP contribution in [0.1, 0.15) is 10.4 Å². The van der Waals surface area contributed by atoms with E-state index < -0.39 is 5.91 Å². The summed E-state index contributed by atoms with van der Waals surface area (Å²) in [6, 6.07) is 18.0. The van der Waals surface area contributed by atoms with Crippen molar-refractivity contribution in [3.63, 3.8) is 0 Å². The molecule has 0 atom stereocenters. The van der Waals surface area contributed by atoms with E-state index in [1.54, 1.807) is 35.1 Å². The molecule has 3 heterocycles. The Hall–Kier alpha value is -4.20. The summed E-state index contributed by atoms with van der Waals surface area (Å²) >= 11 is 0. The van der Waals surface area contributed by atoms with Crippen LogP contribution in [0.3, 0.4) is 0 Å². The first-order valence-corrected chi connectivity index (χ1v) is 8.88. The van der Waals surface area contributed by atoms with Crippen LogP contribution >= 0.6 is 0 Å². The third kappa shape index (κ3) is 3.06. The monoisotopic (exact) mass is 385 g/mol. The van der Waals surface area contributed by atoms with Gasteiger partial charge in [-0.1, -0.05) is 18.2 Å². The van der Waals surface area contributed by atoms with E-state index in [0.717, 1.165) is 11.1 Å². The van der Waals surface area contributed by atoms with E-state index in [4.69, 9.17) is 20.2 Å². The Morgan fingerprint density at radius 2 is 1.76 bits per heavy atom. The van der Waals surface area contributed by atoms with Crippen LogP contribution in [-0.2, 0) is 0 Å². The molecular weight excluding hydrogens is 370 g/mol. The van der Waals surface area contributed by atoms with Crippen LogP contribution in [-0.4, -0.2) is 32.4 Å². The summed E-state index contributed by atoms with van der Waals surface area (Å²) < 4.78 is 12.6. The number of nitrogens with two attached hydrogens (primary N) is 1. The Balaban J connectivity index is 1.64.